The minimum absolute atomic E-state index is 0.0862. The van der Waals surface area contributed by atoms with Crippen molar-refractivity contribution in [2.24, 2.45) is 4.99 Å². The zero-order valence-electron chi connectivity index (χ0n) is 24.1. The standard InChI is InChI=1S/C32H32ClFN4O4S2/c1-44(40,41)17-14-35-30(39)13-16-43-15-12-27-31(36-22-38(32(27)43)20-23-6-3-2-4-7-23)37-26-10-11-29(28(33)19-26)42-21-24-8-5-9-25(34)18-24/h2-11,15,18-19,22H,12-14,16-17,20-21H2,1H3,(H,35,39). The molecule has 0 spiro atoms. The number of hydrogen-bond donors (Lipinski definition) is 1. The molecule has 3 aromatic carbocycles. The summed E-state index contributed by atoms with van der Waals surface area (Å²) in [5, 5.41) is 6.37. The third-order valence-corrected chi connectivity index (χ3v) is 10.3. The van der Waals surface area contributed by atoms with Crippen LogP contribution >= 0.6 is 22.1 Å². The average Bonchev–Trinajstić information content (AvgIpc) is 3.42. The Morgan fingerprint density at radius 2 is 1.91 bits per heavy atom. The van der Waals surface area contributed by atoms with Crippen LogP contribution < -0.4 is 15.5 Å². The van der Waals surface area contributed by atoms with Crippen LogP contribution in [0.5, 0.6) is 5.75 Å². The van der Waals surface area contributed by atoms with E-state index in [1.165, 1.54) is 12.1 Å². The predicted octanol–water partition coefficient (Wildman–Crippen LogP) is 5.07. The minimum atomic E-state index is -3.15. The van der Waals surface area contributed by atoms with Crippen LogP contribution in [0.15, 0.2) is 89.1 Å². The number of halogens is 2. The Morgan fingerprint density at radius 1 is 1.11 bits per heavy atom. The van der Waals surface area contributed by atoms with E-state index in [4.69, 9.17) is 26.3 Å². The Balaban J connectivity index is 1.37. The quantitative estimate of drug-likeness (QED) is 0.170. The fourth-order valence-corrected chi connectivity index (χ4v) is 7.59. The van der Waals surface area contributed by atoms with Crippen molar-refractivity contribution in [3.8, 4) is 5.75 Å². The normalized spacial score (nSPS) is 14.6. The average molecular weight is 655 g/mol. The second-order valence-electron chi connectivity index (χ2n) is 10.3. The maximum absolute atomic E-state index is 13.5. The summed E-state index contributed by atoms with van der Waals surface area (Å²) in [5.74, 6) is 0.473. The SMILES string of the molecule is CS(=O)(=O)CCNC(=O)CCS1=CCc2c1n(Cc1ccccc1)cnc2=Nc1ccc(OCc2cccc(F)c2)c(Cl)c1. The van der Waals surface area contributed by atoms with Crippen LogP contribution in [0.2, 0.25) is 5.02 Å². The highest BCUT2D eigenvalue weighted by Gasteiger charge is 2.21. The minimum Gasteiger partial charge on any atom is -0.487 e. The van der Waals surface area contributed by atoms with Crippen LogP contribution in [0.25, 0.3) is 0 Å². The van der Waals surface area contributed by atoms with Crippen molar-refractivity contribution in [2.45, 2.75) is 31.0 Å². The zero-order chi connectivity index (χ0) is 31.1. The van der Waals surface area contributed by atoms with Gasteiger partial charge in [0.15, 0.2) is 5.49 Å². The van der Waals surface area contributed by atoms with Gasteiger partial charge in [-0.15, -0.1) is 10.5 Å². The third kappa shape index (κ3) is 8.64. The van der Waals surface area contributed by atoms with Crippen molar-refractivity contribution in [2.75, 3.05) is 24.3 Å². The molecule has 0 fully saturated rings. The molecule has 0 aliphatic carbocycles. The molecule has 1 aromatic heterocycles. The van der Waals surface area contributed by atoms with E-state index in [0.29, 0.717) is 46.2 Å². The monoisotopic (exact) mass is 654 g/mol. The lowest BCUT2D eigenvalue weighted by Crippen LogP contribution is -2.29. The van der Waals surface area contributed by atoms with E-state index in [-0.39, 0.29) is 47.5 Å². The molecule has 44 heavy (non-hydrogen) atoms. The number of benzene rings is 3. The van der Waals surface area contributed by atoms with Gasteiger partial charge in [-0.3, -0.25) is 4.79 Å². The number of nitrogens with zero attached hydrogens (tertiary/aromatic N) is 3. The van der Waals surface area contributed by atoms with Crippen LogP contribution in [-0.2, 0) is 34.2 Å². The van der Waals surface area contributed by atoms with Gasteiger partial charge in [-0.2, -0.15) is 0 Å². The number of sulfone groups is 1. The number of rotatable bonds is 12. The van der Waals surface area contributed by atoms with Crippen molar-refractivity contribution in [3.63, 3.8) is 0 Å². The maximum atomic E-state index is 13.5. The van der Waals surface area contributed by atoms with E-state index in [2.05, 4.69) is 27.4 Å². The third-order valence-electron chi connectivity index (χ3n) is 6.82. The summed E-state index contributed by atoms with van der Waals surface area (Å²) in [4.78, 5) is 22.0. The number of fused-ring (bicyclic) bond motifs is 1. The molecule has 1 amide bonds. The molecule has 4 aromatic rings. The van der Waals surface area contributed by atoms with Gasteiger partial charge in [0.05, 0.1) is 27.8 Å². The number of amides is 1. The number of ether oxygens (including phenoxy) is 1. The fourth-order valence-electron chi connectivity index (χ4n) is 4.70. The maximum Gasteiger partial charge on any atom is 0.220 e. The molecule has 0 saturated heterocycles. The highest BCUT2D eigenvalue weighted by molar-refractivity contribution is 8.15. The molecule has 5 rings (SSSR count). The van der Waals surface area contributed by atoms with E-state index >= 15 is 0 Å². The summed E-state index contributed by atoms with van der Waals surface area (Å²) in [6.45, 7) is 0.901. The van der Waals surface area contributed by atoms with Crippen LogP contribution in [0.1, 0.15) is 23.1 Å². The molecule has 1 unspecified atom stereocenters. The molecular weight excluding hydrogens is 623 g/mol. The lowest BCUT2D eigenvalue weighted by atomic mass is 10.2. The van der Waals surface area contributed by atoms with Gasteiger partial charge in [0.1, 0.15) is 28.0 Å². The van der Waals surface area contributed by atoms with Crippen LogP contribution in [0.4, 0.5) is 10.1 Å². The fraction of sp³-hybridized carbons (Fsp3) is 0.250. The highest BCUT2D eigenvalue weighted by atomic mass is 35.5. The van der Waals surface area contributed by atoms with Gasteiger partial charge in [-0.1, -0.05) is 59.4 Å². The molecule has 0 saturated carbocycles. The Kier molecular flexibility index (Phi) is 10.3. The summed E-state index contributed by atoms with van der Waals surface area (Å²) in [7, 11) is -3.49. The first kappa shape index (κ1) is 31.6. The summed E-state index contributed by atoms with van der Waals surface area (Å²) in [5.41, 5.74) is 4.01. The summed E-state index contributed by atoms with van der Waals surface area (Å²) < 4.78 is 44.2. The van der Waals surface area contributed by atoms with Crippen molar-refractivity contribution in [1.29, 1.82) is 0 Å². The molecule has 0 bridgehead atoms. The highest BCUT2D eigenvalue weighted by Crippen LogP contribution is 2.35. The van der Waals surface area contributed by atoms with Crippen LogP contribution in [0.3, 0.4) is 0 Å². The van der Waals surface area contributed by atoms with E-state index in [9.17, 15) is 17.6 Å². The smallest absolute Gasteiger partial charge is 0.220 e. The molecular formula is C32H32ClFN4O4S2. The Labute approximate surface area is 263 Å². The van der Waals surface area contributed by atoms with Crippen molar-refractivity contribution in [3.05, 3.63) is 112 Å². The Bertz CT molecular complexity index is 1880. The van der Waals surface area contributed by atoms with Crippen LogP contribution in [-0.4, -0.2) is 53.5 Å². The van der Waals surface area contributed by atoms with Crippen molar-refractivity contribution < 1.29 is 22.3 Å². The van der Waals surface area contributed by atoms with Gasteiger partial charge in [-0.25, -0.2) is 22.8 Å². The number of aromatic nitrogens is 2. The van der Waals surface area contributed by atoms with E-state index in [1.807, 2.05) is 18.2 Å². The molecule has 230 valence electrons. The van der Waals surface area contributed by atoms with E-state index in [0.717, 1.165) is 22.4 Å². The Hall–Kier alpha value is -3.80. The molecule has 2 heterocycles. The predicted molar refractivity (Wildman–Crippen MR) is 173 cm³/mol. The topological polar surface area (TPSA) is 103 Å². The van der Waals surface area contributed by atoms with Gasteiger partial charge in [-0.05, 0) is 41.5 Å². The zero-order valence-corrected chi connectivity index (χ0v) is 26.5. The van der Waals surface area contributed by atoms with Crippen molar-refractivity contribution in [1.82, 2.24) is 14.9 Å². The Morgan fingerprint density at radius 3 is 2.66 bits per heavy atom. The van der Waals surface area contributed by atoms with Gasteiger partial charge in [0.25, 0.3) is 0 Å². The summed E-state index contributed by atoms with van der Waals surface area (Å²) in [6, 6.07) is 21.5. The molecule has 1 atom stereocenters. The number of carbonyl (C=O) groups excluding carboxylic acids is 1. The second kappa shape index (κ2) is 14.3. The number of hydrogen-bond acceptors (Lipinski definition) is 6. The lowest BCUT2D eigenvalue weighted by Gasteiger charge is -2.17. The molecule has 1 N–H and O–H groups in total. The van der Waals surface area contributed by atoms with Crippen LogP contribution in [0, 0.1) is 5.82 Å². The molecule has 1 aliphatic rings. The largest absolute Gasteiger partial charge is 0.487 e. The summed E-state index contributed by atoms with van der Waals surface area (Å²) >= 11 is 6.52. The van der Waals surface area contributed by atoms with Gasteiger partial charge >= 0.3 is 0 Å². The second-order valence-corrected chi connectivity index (χ2v) is 15.0. The first-order valence-electron chi connectivity index (χ1n) is 14.0. The van der Waals surface area contributed by atoms with Gasteiger partial charge < -0.3 is 14.6 Å². The number of nitrogens with one attached hydrogen (secondary N) is 1. The molecule has 1 aliphatic heterocycles. The first-order chi connectivity index (χ1) is 21.1. The first-order valence-corrected chi connectivity index (χ1v) is 17.9. The van der Waals surface area contributed by atoms with Gasteiger partial charge in [0, 0.05) is 43.5 Å². The molecule has 12 heteroatoms. The lowest BCUT2D eigenvalue weighted by molar-refractivity contribution is -0.120. The molecule has 0 radical (unpaired) electrons. The van der Waals surface area contributed by atoms with E-state index < -0.39 is 9.84 Å². The van der Waals surface area contributed by atoms with Gasteiger partial charge in [0.2, 0.25) is 5.91 Å². The number of carbonyl (C=O) groups is 1. The van der Waals surface area contributed by atoms with E-state index in [1.54, 1.807) is 36.7 Å². The summed E-state index contributed by atoms with van der Waals surface area (Å²) in [6.07, 6.45) is 3.86. The molecule has 8 nitrogen and oxygen atoms in total. The van der Waals surface area contributed by atoms with Crippen molar-refractivity contribution >= 4 is 48.9 Å².